The lowest BCUT2D eigenvalue weighted by Gasteiger charge is -2.32. The van der Waals surface area contributed by atoms with Crippen LogP contribution < -0.4 is 0 Å². The van der Waals surface area contributed by atoms with Crippen molar-refractivity contribution in [2.45, 2.75) is 64.8 Å². The van der Waals surface area contributed by atoms with Crippen molar-refractivity contribution in [1.82, 2.24) is 0 Å². The molecule has 0 aromatic carbocycles. The standard InChI is InChI=1S/C20H26O12/c1-7-20(32-13(6)23)14(31-19(30-12(5)22)16(20)29-11(4)21)10-28-15(17(24)26-8-2)18(25)27-9-3/h1,14-16,19H,8-10H2,2-6H3/t14-,16+,19+,20-/m1/s1. The van der Waals surface area contributed by atoms with Crippen molar-refractivity contribution in [1.29, 1.82) is 0 Å². The number of hydrogen-bond donors (Lipinski definition) is 0. The van der Waals surface area contributed by atoms with Crippen molar-refractivity contribution in [2.24, 2.45) is 0 Å². The minimum atomic E-state index is -2.11. The van der Waals surface area contributed by atoms with Gasteiger partial charge in [0.25, 0.3) is 6.10 Å². The Kier molecular flexibility index (Phi) is 10.1. The van der Waals surface area contributed by atoms with Gasteiger partial charge in [0.1, 0.15) is 6.10 Å². The quantitative estimate of drug-likeness (QED) is 0.182. The largest absolute Gasteiger partial charge is 0.464 e. The van der Waals surface area contributed by atoms with Gasteiger partial charge in [-0.3, -0.25) is 14.4 Å². The number of terminal acetylenes is 1. The van der Waals surface area contributed by atoms with E-state index in [9.17, 15) is 24.0 Å². The van der Waals surface area contributed by atoms with E-state index in [4.69, 9.17) is 39.6 Å². The van der Waals surface area contributed by atoms with Gasteiger partial charge >= 0.3 is 29.8 Å². The van der Waals surface area contributed by atoms with E-state index in [0.717, 1.165) is 20.8 Å². The topological polar surface area (TPSA) is 150 Å². The number of carbonyl (C=O) groups excluding carboxylic acids is 5. The number of esters is 5. The maximum absolute atomic E-state index is 12.1. The van der Waals surface area contributed by atoms with Gasteiger partial charge in [-0.05, 0) is 13.8 Å². The highest BCUT2D eigenvalue weighted by Crippen LogP contribution is 2.38. The number of rotatable bonds is 10. The summed E-state index contributed by atoms with van der Waals surface area (Å²) in [4.78, 5) is 59.2. The summed E-state index contributed by atoms with van der Waals surface area (Å²) in [6.07, 6.45) is -0.735. The van der Waals surface area contributed by atoms with Crippen molar-refractivity contribution < 1.29 is 57.1 Å². The van der Waals surface area contributed by atoms with Gasteiger partial charge in [0.2, 0.25) is 18.0 Å². The summed E-state index contributed by atoms with van der Waals surface area (Å²) in [5.41, 5.74) is -2.11. The van der Waals surface area contributed by atoms with Crippen LogP contribution in [0, 0.1) is 12.3 Å². The van der Waals surface area contributed by atoms with Gasteiger partial charge in [0, 0.05) is 20.8 Å². The Morgan fingerprint density at radius 1 is 0.938 bits per heavy atom. The van der Waals surface area contributed by atoms with Gasteiger partial charge < -0.3 is 33.2 Å². The van der Waals surface area contributed by atoms with Crippen LogP contribution >= 0.6 is 0 Å². The Morgan fingerprint density at radius 2 is 1.47 bits per heavy atom. The van der Waals surface area contributed by atoms with Crippen LogP contribution in [0.2, 0.25) is 0 Å². The lowest BCUT2D eigenvalue weighted by atomic mass is 9.93. The molecule has 12 heteroatoms. The summed E-state index contributed by atoms with van der Waals surface area (Å²) in [7, 11) is 0. The average molecular weight is 458 g/mol. The summed E-state index contributed by atoms with van der Waals surface area (Å²) in [6.45, 7) is 5.51. The first-order valence-electron chi connectivity index (χ1n) is 9.64. The molecule has 32 heavy (non-hydrogen) atoms. The highest BCUT2D eigenvalue weighted by Gasteiger charge is 2.63. The van der Waals surface area contributed by atoms with Crippen molar-refractivity contribution in [2.75, 3.05) is 19.8 Å². The summed E-state index contributed by atoms with van der Waals surface area (Å²) >= 11 is 0. The molecule has 0 amide bonds. The minimum Gasteiger partial charge on any atom is -0.464 e. The average Bonchev–Trinajstić information content (AvgIpc) is 2.94. The summed E-state index contributed by atoms with van der Waals surface area (Å²) < 4.78 is 35.9. The molecular weight excluding hydrogens is 432 g/mol. The van der Waals surface area contributed by atoms with Crippen LogP contribution in [0.5, 0.6) is 0 Å². The van der Waals surface area contributed by atoms with Gasteiger partial charge in [0.05, 0.1) is 19.8 Å². The van der Waals surface area contributed by atoms with E-state index < -0.39 is 66.7 Å². The zero-order chi connectivity index (χ0) is 24.5. The summed E-state index contributed by atoms with van der Waals surface area (Å²) in [6, 6.07) is 0. The van der Waals surface area contributed by atoms with E-state index in [0.29, 0.717) is 0 Å². The predicted octanol–water partition coefficient (Wildman–Crippen LogP) is -0.347. The molecule has 178 valence electrons. The van der Waals surface area contributed by atoms with Crippen molar-refractivity contribution in [3.05, 3.63) is 0 Å². The first-order chi connectivity index (χ1) is 15.0. The maximum Gasteiger partial charge on any atom is 0.347 e. The molecule has 4 atom stereocenters. The Balaban J connectivity index is 3.29. The van der Waals surface area contributed by atoms with E-state index in [-0.39, 0.29) is 13.2 Å². The first-order valence-corrected chi connectivity index (χ1v) is 9.64. The van der Waals surface area contributed by atoms with Crippen LogP contribution in [0.15, 0.2) is 0 Å². The highest BCUT2D eigenvalue weighted by atomic mass is 16.8. The van der Waals surface area contributed by atoms with Gasteiger partial charge in [-0.1, -0.05) is 5.92 Å². The fourth-order valence-electron chi connectivity index (χ4n) is 2.88. The molecule has 12 nitrogen and oxygen atoms in total. The molecule has 1 rings (SSSR count). The zero-order valence-electron chi connectivity index (χ0n) is 18.4. The lowest BCUT2D eigenvalue weighted by molar-refractivity contribution is -0.199. The molecule has 0 aliphatic carbocycles. The van der Waals surface area contributed by atoms with Crippen LogP contribution in [0.3, 0.4) is 0 Å². The monoisotopic (exact) mass is 458 g/mol. The molecule has 0 radical (unpaired) electrons. The van der Waals surface area contributed by atoms with Crippen LogP contribution in [-0.2, 0) is 57.1 Å². The van der Waals surface area contributed by atoms with Gasteiger partial charge in [-0.2, -0.15) is 0 Å². The molecule has 0 unspecified atom stereocenters. The first kappa shape index (κ1) is 26.9. The van der Waals surface area contributed by atoms with Crippen molar-refractivity contribution in [3.63, 3.8) is 0 Å². The predicted molar refractivity (Wildman–Crippen MR) is 102 cm³/mol. The van der Waals surface area contributed by atoms with Crippen LogP contribution in [0.4, 0.5) is 0 Å². The summed E-state index contributed by atoms with van der Waals surface area (Å²) in [5, 5.41) is 0. The second-order valence-corrected chi connectivity index (χ2v) is 6.38. The van der Waals surface area contributed by atoms with E-state index in [1.165, 1.54) is 13.8 Å². The molecule has 1 aliphatic heterocycles. The Bertz CT molecular complexity index is 751. The van der Waals surface area contributed by atoms with Crippen molar-refractivity contribution >= 4 is 29.8 Å². The maximum atomic E-state index is 12.1. The Morgan fingerprint density at radius 3 is 1.88 bits per heavy atom. The molecule has 0 spiro atoms. The van der Waals surface area contributed by atoms with Gasteiger partial charge in [0.15, 0.2) is 0 Å². The number of carbonyl (C=O) groups is 5. The van der Waals surface area contributed by atoms with Crippen molar-refractivity contribution in [3.8, 4) is 12.3 Å². The second kappa shape index (κ2) is 12.0. The molecule has 1 fully saturated rings. The zero-order valence-corrected chi connectivity index (χ0v) is 18.4. The SMILES string of the molecule is C#C[C@@]1(OC(C)=O)[C@@H](COC(C(=O)OCC)C(=O)OCC)O[C@H](OC(C)=O)[C@@H]1OC(C)=O. The summed E-state index contributed by atoms with van der Waals surface area (Å²) in [5.74, 6) is -2.37. The highest BCUT2D eigenvalue weighted by molar-refractivity contribution is 5.98. The van der Waals surface area contributed by atoms with Gasteiger partial charge in [-0.25, -0.2) is 9.59 Å². The third-order valence-electron chi connectivity index (χ3n) is 3.98. The van der Waals surface area contributed by atoms with E-state index in [1.807, 2.05) is 0 Å². The minimum absolute atomic E-state index is 0.0389. The van der Waals surface area contributed by atoms with E-state index in [1.54, 1.807) is 0 Å². The molecular formula is C20H26O12. The fourth-order valence-corrected chi connectivity index (χ4v) is 2.88. The van der Waals surface area contributed by atoms with E-state index >= 15 is 0 Å². The molecule has 1 heterocycles. The van der Waals surface area contributed by atoms with Crippen LogP contribution in [0.25, 0.3) is 0 Å². The third kappa shape index (κ3) is 6.66. The second-order valence-electron chi connectivity index (χ2n) is 6.38. The lowest BCUT2D eigenvalue weighted by Crippen LogP contribution is -2.54. The van der Waals surface area contributed by atoms with Gasteiger partial charge in [-0.15, -0.1) is 6.42 Å². The van der Waals surface area contributed by atoms with Crippen LogP contribution in [0.1, 0.15) is 34.6 Å². The molecule has 0 aromatic heterocycles. The molecule has 1 saturated heterocycles. The fraction of sp³-hybridized carbons (Fsp3) is 0.650. The smallest absolute Gasteiger partial charge is 0.347 e. The van der Waals surface area contributed by atoms with Crippen LogP contribution in [-0.4, -0.2) is 79.9 Å². The molecule has 0 saturated carbocycles. The Hall–Kier alpha value is -3.17. The number of hydrogen-bond acceptors (Lipinski definition) is 12. The molecule has 0 N–H and O–H groups in total. The molecule has 0 bridgehead atoms. The normalized spacial score (nSPS) is 24.2. The molecule has 1 aliphatic rings. The number of ether oxygens (including phenoxy) is 7. The third-order valence-corrected chi connectivity index (χ3v) is 3.98. The Labute approximate surface area is 184 Å². The van der Waals surface area contributed by atoms with E-state index in [2.05, 4.69) is 5.92 Å². The molecule has 0 aromatic rings.